The average molecular weight is 450 g/mol. The van der Waals surface area contributed by atoms with E-state index in [0.29, 0.717) is 6.42 Å². The number of carbonyl (C=O) groups excluding carboxylic acids is 2. The van der Waals surface area contributed by atoms with Gasteiger partial charge >= 0.3 is 5.97 Å². The van der Waals surface area contributed by atoms with Crippen LogP contribution in [0.15, 0.2) is 0 Å². The molecule has 2 rings (SSSR count). The summed E-state index contributed by atoms with van der Waals surface area (Å²) < 4.78 is 27.8. The summed E-state index contributed by atoms with van der Waals surface area (Å²) in [6, 6.07) is -0.447. The maximum atomic E-state index is 12.1. The van der Waals surface area contributed by atoms with Gasteiger partial charge in [-0.05, 0) is 6.42 Å². The zero-order valence-electron chi connectivity index (χ0n) is 12.8. The smallest absolute Gasteiger partial charge is 0.359 e. The van der Waals surface area contributed by atoms with Crippen LogP contribution < -0.4 is 0 Å². The maximum absolute atomic E-state index is 12.1. The van der Waals surface area contributed by atoms with Crippen molar-refractivity contribution in [2.24, 2.45) is 0 Å². The fourth-order valence-corrected chi connectivity index (χ4v) is 4.78. The highest BCUT2D eigenvalue weighted by molar-refractivity contribution is 7.91. The standard InChI is InChI=1S/C13H12Cl4N2O5S/c1-19(6-2-3-25(22,23)5-6)7(20)4-24-13(21)11-9(15)8(14)10(16)12(17)18-11/h6H,2-5H2,1H3/t6-/m0/s1. The van der Waals surface area contributed by atoms with E-state index in [1.165, 1.54) is 11.9 Å². The number of halogens is 4. The molecule has 0 unspecified atom stereocenters. The Morgan fingerprint density at radius 1 is 1.20 bits per heavy atom. The van der Waals surface area contributed by atoms with Gasteiger partial charge < -0.3 is 9.64 Å². The zero-order chi connectivity index (χ0) is 18.9. The Morgan fingerprint density at radius 2 is 1.84 bits per heavy atom. The highest BCUT2D eigenvalue weighted by Crippen LogP contribution is 2.36. The summed E-state index contributed by atoms with van der Waals surface area (Å²) in [5.74, 6) is -1.65. The minimum atomic E-state index is -3.14. The number of carbonyl (C=O) groups is 2. The third-order valence-corrected chi connectivity index (χ3v) is 7.08. The van der Waals surface area contributed by atoms with Crippen molar-refractivity contribution in [2.75, 3.05) is 25.2 Å². The van der Waals surface area contributed by atoms with Gasteiger partial charge in [-0.15, -0.1) is 0 Å². The number of hydrogen-bond acceptors (Lipinski definition) is 6. The molecule has 1 aromatic heterocycles. The Bertz CT molecular complexity index is 830. The molecule has 25 heavy (non-hydrogen) atoms. The Morgan fingerprint density at radius 3 is 2.40 bits per heavy atom. The van der Waals surface area contributed by atoms with Crippen molar-refractivity contribution in [3.8, 4) is 0 Å². The second-order valence-electron chi connectivity index (χ2n) is 5.33. The van der Waals surface area contributed by atoms with E-state index in [0.717, 1.165) is 0 Å². The van der Waals surface area contributed by atoms with E-state index in [-0.39, 0.29) is 37.4 Å². The summed E-state index contributed by atoms with van der Waals surface area (Å²) in [4.78, 5) is 29.0. The molecule has 1 saturated heterocycles. The van der Waals surface area contributed by atoms with Crippen molar-refractivity contribution in [3.05, 3.63) is 25.9 Å². The van der Waals surface area contributed by atoms with Crippen molar-refractivity contribution >= 4 is 68.1 Å². The van der Waals surface area contributed by atoms with Crippen LogP contribution in [0.2, 0.25) is 20.2 Å². The highest BCUT2D eigenvalue weighted by Gasteiger charge is 2.33. The van der Waals surface area contributed by atoms with Gasteiger partial charge in [0.05, 0.1) is 26.6 Å². The number of rotatable bonds is 4. The molecule has 1 aliphatic rings. The lowest BCUT2D eigenvalue weighted by atomic mass is 10.2. The lowest BCUT2D eigenvalue weighted by Gasteiger charge is -2.23. The van der Waals surface area contributed by atoms with Gasteiger partial charge in [0.1, 0.15) is 5.15 Å². The molecule has 0 aromatic carbocycles. The van der Waals surface area contributed by atoms with E-state index in [9.17, 15) is 18.0 Å². The SMILES string of the molecule is CN(C(=O)COC(=O)c1nc(Cl)c(Cl)c(Cl)c1Cl)[C@H]1CCS(=O)(=O)C1. The predicted molar refractivity (Wildman–Crippen MR) is 94.4 cm³/mol. The summed E-state index contributed by atoms with van der Waals surface area (Å²) in [5, 5.41) is -0.746. The first-order valence-electron chi connectivity index (χ1n) is 6.86. The van der Waals surface area contributed by atoms with Crippen molar-refractivity contribution in [3.63, 3.8) is 0 Å². The van der Waals surface area contributed by atoms with Crippen LogP contribution in [0.1, 0.15) is 16.9 Å². The Hall–Kier alpha value is -0.800. The van der Waals surface area contributed by atoms with Gasteiger partial charge in [-0.3, -0.25) is 4.79 Å². The number of amides is 1. The molecule has 1 aromatic rings. The van der Waals surface area contributed by atoms with E-state index in [2.05, 4.69) is 4.98 Å². The quantitative estimate of drug-likeness (QED) is 0.517. The number of pyridine rings is 1. The first-order chi connectivity index (χ1) is 11.5. The summed E-state index contributed by atoms with van der Waals surface area (Å²) >= 11 is 23.2. The van der Waals surface area contributed by atoms with Crippen molar-refractivity contribution < 1.29 is 22.7 Å². The summed E-state index contributed by atoms with van der Waals surface area (Å²) in [5.41, 5.74) is -0.375. The minimum absolute atomic E-state index is 0.0242. The number of sulfone groups is 1. The number of esters is 1. The number of likely N-dealkylation sites (N-methyl/N-ethyl adjacent to an activating group) is 1. The molecule has 0 spiro atoms. The van der Waals surface area contributed by atoms with Gasteiger partial charge in [-0.1, -0.05) is 46.4 Å². The van der Waals surface area contributed by atoms with E-state index < -0.39 is 34.4 Å². The molecule has 0 saturated carbocycles. The fourth-order valence-electron chi connectivity index (χ4n) is 2.20. The van der Waals surface area contributed by atoms with Crippen molar-refractivity contribution in [2.45, 2.75) is 12.5 Å². The topological polar surface area (TPSA) is 93.6 Å². The molecule has 1 atom stereocenters. The van der Waals surface area contributed by atoms with Crippen LogP contribution in [0.3, 0.4) is 0 Å². The van der Waals surface area contributed by atoms with Crippen LogP contribution in [0.25, 0.3) is 0 Å². The molecule has 12 heteroatoms. The van der Waals surface area contributed by atoms with Crippen molar-refractivity contribution in [1.29, 1.82) is 0 Å². The molecule has 138 valence electrons. The molecule has 1 fully saturated rings. The molecule has 1 aliphatic heterocycles. The van der Waals surface area contributed by atoms with Crippen LogP contribution in [0.4, 0.5) is 0 Å². The third kappa shape index (κ3) is 4.68. The summed E-state index contributed by atoms with van der Waals surface area (Å²) in [6.45, 7) is -0.609. The molecule has 2 heterocycles. The highest BCUT2D eigenvalue weighted by atomic mass is 35.5. The molecule has 0 radical (unpaired) electrons. The predicted octanol–water partition coefficient (Wildman–Crippen LogP) is 2.50. The van der Waals surface area contributed by atoms with Crippen LogP contribution >= 0.6 is 46.4 Å². The van der Waals surface area contributed by atoms with Crippen molar-refractivity contribution in [1.82, 2.24) is 9.88 Å². The van der Waals surface area contributed by atoms with E-state index in [4.69, 9.17) is 51.1 Å². The molecule has 1 amide bonds. The van der Waals surface area contributed by atoms with Gasteiger partial charge in [0.25, 0.3) is 5.91 Å². The first-order valence-corrected chi connectivity index (χ1v) is 10.2. The largest absolute Gasteiger partial charge is 0.451 e. The molecule has 0 aliphatic carbocycles. The fraction of sp³-hybridized carbons (Fsp3) is 0.462. The number of aromatic nitrogens is 1. The Kier molecular flexibility index (Phi) is 6.43. The minimum Gasteiger partial charge on any atom is -0.451 e. The normalized spacial score (nSPS) is 18.8. The van der Waals surface area contributed by atoms with Gasteiger partial charge in [-0.2, -0.15) is 0 Å². The molecule has 0 bridgehead atoms. The number of ether oxygens (including phenoxy) is 1. The monoisotopic (exact) mass is 448 g/mol. The van der Waals surface area contributed by atoms with Crippen LogP contribution in [-0.2, 0) is 19.4 Å². The lowest BCUT2D eigenvalue weighted by molar-refractivity contribution is -0.134. The van der Waals surface area contributed by atoms with Crippen LogP contribution in [0, 0.1) is 0 Å². The molecule has 0 N–H and O–H groups in total. The van der Waals surface area contributed by atoms with Gasteiger partial charge in [-0.25, -0.2) is 18.2 Å². The maximum Gasteiger partial charge on any atom is 0.359 e. The summed E-state index contributed by atoms with van der Waals surface area (Å²) in [7, 11) is -1.69. The van der Waals surface area contributed by atoms with Gasteiger partial charge in [0, 0.05) is 13.1 Å². The lowest BCUT2D eigenvalue weighted by Crippen LogP contribution is -2.40. The van der Waals surface area contributed by atoms with Crippen LogP contribution in [-0.4, -0.2) is 61.4 Å². The zero-order valence-corrected chi connectivity index (χ0v) is 16.6. The van der Waals surface area contributed by atoms with Crippen LogP contribution in [0.5, 0.6) is 0 Å². The Labute approximate surface area is 164 Å². The Balaban J connectivity index is 2.02. The van der Waals surface area contributed by atoms with E-state index in [1.54, 1.807) is 0 Å². The van der Waals surface area contributed by atoms with Gasteiger partial charge in [0.2, 0.25) is 0 Å². The molecular formula is C13H12Cl4N2O5S. The van der Waals surface area contributed by atoms with Gasteiger partial charge in [0.15, 0.2) is 22.1 Å². The number of nitrogens with zero attached hydrogens (tertiary/aromatic N) is 2. The molecule has 7 nitrogen and oxygen atoms in total. The number of hydrogen-bond donors (Lipinski definition) is 0. The molecular weight excluding hydrogens is 438 g/mol. The first kappa shape index (κ1) is 20.5. The van der Waals surface area contributed by atoms with E-state index >= 15 is 0 Å². The second kappa shape index (κ2) is 7.84. The second-order valence-corrected chi connectivity index (χ2v) is 9.05. The van der Waals surface area contributed by atoms with E-state index in [1.807, 2.05) is 0 Å². The third-order valence-electron chi connectivity index (χ3n) is 3.65. The summed E-state index contributed by atoms with van der Waals surface area (Å²) in [6.07, 6.45) is 0.342. The average Bonchev–Trinajstić information content (AvgIpc) is 2.92.